The molecule has 0 radical (unpaired) electrons. The van der Waals surface area contributed by atoms with Crippen LogP contribution in [-0.4, -0.2) is 22.2 Å². The van der Waals surface area contributed by atoms with Gasteiger partial charge in [0.25, 0.3) is 0 Å². The van der Waals surface area contributed by atoms with Crippen molar-refractivity contribution in [3.05, 3.63) is 71.9 Å². The van der Waals surface area contributed by atoms with Gasteiger partial charge in [0.15, 0.2) is 0 Å². The lowest BCUT2D eigenvalue weighted by Gasteiger charge is -2.14. The monoisotopic (exact) mass is 363 g/mol. The van der Waals surface area contributed by atoms with Crippen LogP contribution in [0.3, 0.4) is 0 Å². The van der Waals surface area contributed by atoms with E-state index in [0.29, 0.717) is 22.8 Å². The number of para-hydroxylation sites is 1. The Hall–Kier alpha value is -3.41. The van der Waals surface area contributed by atoms with E-state index in [0.717, 1.165) is 12.0 Å². The Kier molecular flexibility index (Phi) is 5.07. The van der Waals surface area contributed by atoms with Gasteiger partial charge in [-0.05, 0) is 24.3 Å². The highest BCUT2D eigenvalue weighted by Crippen LogP contribution is 2.26. The molecule has 0 unspecified atom stereocenters. The molecule has 1 N–H and O–H groups in total. The summed E-state index contributed by atoms with van der Waals surface area (Å²) in [5.41, 5.74) is 1.78. The van der Waals surface area contributed by atoms with E-state index in [1.54, 1.807) is 53.2 Å². The van der Waals surface area contributed by atoms with E-state index in [1.165, 1.54) is 0 Å². The smallest absolute Gasteiger partial charge is 0.410 e. The van der Waals surface area contributed by atoms with Gasteiger partial charge in [-0.15, -0.1) is 0 Å². The van der Waals surface area contributed by atoms with Gasteiger partial charge in [0, 0.05) is 17.0 Å². The van der Waals surface area contributed by atoms with Crippen LogP contribution in [0, 0.1) is 0 Å². The summed E-state index contributed by atoms with van der Waals surface area (Å²) in [6, 6.07) is 17.6. The number of hydrogen-bond acceptors (Lipinski definition) is 4. The molecule has 138 valence electrons. The fourth-order valence-corrected chi connectivity index (χ4v) is 2.49. The van der Waals surface area contributed by atoms with Crippen LogP contribution in [-0.2, 0) is 5.41 Å². The van der Waals surface area contributed by atoms with Crippen molar-refractivity contribution in [3.8, 4) is 11.4 Å². The third kappa shape index (κ3) is 4.41. The summed E-state index contributed by atoms with van der Waals surface area (Å²) in [6.45, 7) is 6.11. The molecule has 0 saturated heterocycles. The summed E-state index contributed by atoms with van der Waals surface area (Å²) >= 11 is 0. The largest absolute Gasteiger partial charge is 0.418 e. The lowest BCUT2D eigenvalue weighted by atomic mass is 9.92. The minimum Gasteiger partial charge on any atom is -0.410 e. The Bertz CT molecular complexity index is 956. The van der Waals surface area contributed by atoms with Crippen molar-refractivity contribution in [1.82, 2.24) is 9.78 Å². The molecule has 0 fully saturated rings. The van der Waals surface area contributed by atoms with Crippen molar-refractivity contribution in [3.63, 3.8) is 0 Å². The Morgan fingerprint density at radius 1 is 1.07 bits per heavy atom. The topological polar surface area (TPSA) is 73.2 Å². The van der Waals surface area contributed by atoms with Crippen molar-refractivity contribution in [2.75, 3.05) is 5.32 Å². The maximum atomic E-state index is 12.3. The Labute approximate surface area is 157 Å². The standard InChI is InChI=1S/C21H21N3O3/c1-21(2,3)18-13-19(22-20(26)27-17-10-5-4-6-11-17)24(23-18)16-9-7-8-15(12-16)14-25/h4-14H,1-3H3,(H,22,26). The van der Waals surface area contributed by atoms with Gasteiger partial charge in [0.05, 0.1) is 11.4 Å². The zero-order valence-electron chi connectivity index (χ0n) is 15.5. The first-order chi connectivity index (χ1) is 12.9. The zero-order valence-corrected chi connectivity index (χ0v) is 15.5. The minimum absolute atomic E-state index is 0.215. The minimum atomic E-state index is -0.616. The molecule has 1 amide bonds. The van der Waals surface area contributed by atoms with Crippen LogP contribution in [0.15, 0.2) is 60.7 Å². The van der Waals surface area contributed by atoms with Gasteiger partial charge in [-0.1, -0.05) is 51.1 Å². The first kappa shape index (κ1) is 18.4. The molecule has 6 nitrogen and oxygen atoms in total. The molecule has 0 bridgehead atoms. The number of aromatic nitrogens is 2. The average Bonchev–Trinajstić information content (AvgIpc) is 3.06. The molecule has 0 saturated carbocycles. The van der Waals surface area contributed by atoms with Crippen LogP contribution in [0.25, 0.3) is 5.69 Å². The van der Waals surface area contributed by atoms with Crippen molar-refractivity contribution >= 4 is 18.2 Å². The summed E-state index contributed by atoms with van der Waals surface area (Å²) in [6.07, 6.45) is 0.156. The quantitative estimate of drug-likeness (QED) is 0.688. The maximum Gasteiger partial charge on any atom is 0.418 e. The molecule has 0 aliphatic heterocycles. The summed E-state index contributed by atoms with van der Waals surface area (Å²) in [4.78, 5) is 23.4. The molecule has 1 heterocycles. The fourth-order valence-electron chi connectivity index (χ4n) is 2.49. The lowest BCUT2D eigenvalue weighted by Crippen LogP contribution is -2.19. The van der Waals surface area contributed by atoms with Crippen LogP contribution in [0.2, 0.25) is 0 Å². The third-order valence-electron chi connectivity index (χ3n) is 3.91. The van der Waals surface area contributed by atoms with E-state index in [-0.39, 0.29) is 5.41 Å². The maximum absolute atomic E-state index is 12.3. The van der Waals surface area contributed by atoms with Gasteiger partial charge in [0.2, 0.25) is 0 Å². The number of benzene rings is 2. The number of carbonyl (C=O) groups is 2. The molecule has 3 rings (SSSR count). The molecule has 6 heteroatoms. The van der Waals surface area contributed by atoms with Crippen LogP contribution < -0.4 is 10.1 Å². The van der Waals surface area contributed by atoms with E-state index >= 15 is 0 Å². The van der Waals surface area contributed by atoms with Crippen LogP contribution in [0.4, 0.5) is 10.6 Å². The number of amides is 1. The van der Waals surface area contributed by atoms with Crippen LogP contribution in [0.1, 0.15) is 36.8 Å². The molecule has 1 aromatic heterocycles. The first-order valence-electron chi connectivity index (χ1n) is 8.57. The molecular weight excluding hydrogens is 342 g/mol. The number of ether oxygens (including phenoxy) is 1. The number of nitrogens with zero attached hydrogens (tertiary/aromatic N) is 2. The molecular formula is C21H21N3O3. The fraction of sp³-hybridized carbons (Fsp3) is 0.190. The summed E-state index contributed by atoms with van der Waals surface area (Å²) < 4.78 is 6.90. The van der Waals surface area contributed by atoms with Crippen molar-refractivity contribution in [2.45, 2.75) is 26.2 Å². The van der Waals surface area contributed by atoms with Gasteiger partial charge in [-0.3, -0.25) is 10.1 Å². The van der Waals surface area contributed by atoms with E-state index in [1.807, 2.05) is 32.9 Å². The third-order valence-corrected chi connectivity index (χ3v) is 3.91. The number of carbonyl (C=O) groups excluding carboxylic acids is 2. The predicted octanol–water partition coefficient (Wildman–Crippen LogP) is 4.59. The Balaban J connectivity index is 1.94. The van der Waals surface area contributed by atoms with E-state index < -0.39 is 6.09 Å². The number of rotatable bonds is 4. The molecule has 0 atom stereocenters. The average molecular weight is 363 g/mol. The number of nitrogens with one attached hydrogen (secondary N) is 1. The van der Waals surface area contributed by atoms with Gasteiger partial charge in [0.1, 0.15) is 17.9 Å². The van der Waals surface area contributed by atoms with Crippen molar-refractivity contribution < 1.29 is 14.3 Å². The number of aldehydes is 1. The second kappa shape index (κ2) is 7.45. The van der Waals surface area contributed by atoms with Crippen molar-refractivity contribution in [1.29, 1.82) is 0 Å². The van der Waals surface area contributed by atoms with E-state index in [9.17, 15) is 9.59 Å². The second-order valence-corrected chi connectivity index (χ2v) is 7.12. The molecule has 2 aromatic carbocycles. The van der Waals surface area contributed by atoms with Crippen molar-refractivity contribution in [2.24, 2.45) is 0 Å². The Morgan fingerprint density at radius 2 is 1.81 bits per heavy atom. The summed E-state index contributed by atoms with van der Waals surface area (Å²) in [5, 5.41) is 7.36. The van der Waals surface area contributed by atoms with E-state index in [2.05, 4.69) is 10.4 Å². The molecule has 0 aliphatic carbocycles. The number of hydrogen-bond donors (Lipinski definition) is 1. The molecule has 0 aliphatic rings. The van der Waals surface area contributed by atoms with E-state index in [4.69, 9.17) is 4.74 Å². The summed E-state index contributed by atoms with van der Waals surface area (Å²) in [7, 11) is 0. The van der Waals surface area contributed by atoms with Gasteiger partial charge in [-0.25, -0.2) is 9.48 Å². The highest BCUT2D eigenvalue weighted by Gasteiger charge is 2.22. The van der Waals surface area contributed by atoms with Crippen LogP contribution in [0.5, 0.6) is 5.75 Å². The lowest BCUT2D eigenvalue weighted by molar-refractivity contribution is 0.112. The van der Waals surface area contributed by atoms with Crippen LogP contribution >= 0.6 is 0 Å². The highest BCUT2D eigenvalue weighted by atomic mass is 16.6. The Morgan fingerprint density at radius 3 is 2.48 bits per heavy atom. The molecule has 27 heavy (non-hydrogen) atoms. The highest BCUT2D eigenvalue weighted by molar-refractivity contribution is 5.86. The zero-order chi connectivity index (χ0) is 19.4. The second-order valence-electron chi connectivity index (χ2n) is 7.12. The SMILES string of the molecule is CC(C)(C)c1cc(NC(=O)Oc2ccccc2)n(-c2cccc(C=O)c2)n1. The van der Waals surface area contributed by atoms with Gasteiger partial charge >= 0.3 is 6.09 Å². The number of anilines is 1. The summed E-state index contributed by atoms with van der Waals surface area (Å²) in [5.74, 6) is 0.906. The van der Waals surface area contributed by atoms with Gasteiger partial charge < -0.3 is 4.74 Å². The predicted molar refractivity (Wildman–Crippen MR) is 104 cm³/mol. The van der Waals surface area contributed by atoms with Gasteiger partial charge in [-0.2, -0.15) is 5.10 Å². The molecule has 0 spiro atoms. The first-order valence-corrected chi connectivity index (χ1v) is 8.57. The molecule has 3 aromatic rings. The normalized spacial score (nSPS) is 11.1.